The molecule has 0 unspecified atom stereocenters. The number of nitrogen functional groups attached to an aromatic ring is 1. The summed E-state index contributed by atoms with van der Waals surface area (Å²) in [5, 5.41) is 0. The second-order valence-corrected chi connectivity index (χ2v) is 4.82. The van der Waals surface area contributed by atoms with Crippen molar-refractivity contribution in [2.24, 2.45) is 0 Å². The predicted molar refractivity (Wildman–Crippen MR) is 75.1 cm³/mol. The lowest BCUT2D eigenvalue weighted by atomic mass is 9.91. The molecule has 0 amide bonds. The Morgan fingerprint density at radius 3 is 2.89 bits per heavy atom. The Morgan fingerprint density at radius 2 is 2.06 bits per heavy atom. The van der Waals surface area contributed by atoms with Crippen LogP contribution in [0.2, 0.25) is 0 Å². The monoisotopic (exact) mass is 239 g/mol. The van der Waals surface area contributed by atoms with E-state index < -0.39 is 0 Å². The summed E-state index contributed by atoms with van der Waals surface area (Å²) in [4.78, 5) is 6.65. The minimum absolute atomic E-state index is 0.599. The first-order valence-electron chi connectivity index (χ1n) is 6.34. The lowest BCUT2D eigenvalue weighted by Crippen LogP contribution is -2.27. The van der Waals surface area contributed by atoms with Crippen LogP contribution < -0.4 is 10.6 Å². The van der Waals surface area contributed by atoms with E-state index >= 15 is 0 Å². The van der Waals surface area contributed by atoms with Gasteiger partial charge in [0.25, 0.3) is 0 Å². The average Bonchev–Trinajstić information content (AvgIpc) is 2.41. The zero-order chi connectivity index (χ0) is 12.5. The fourth-order valence-electron chi connectivity index (χ4n) is 2.60. The first kappa shape index (κ1) is 11.1. The molecule has 3 rings (SSSR count). The van der Waals surface area contributed by atoms with Crippen LogP contribution in [0.4, 0.5) is 17.2 Å². The van der Waals surface area contributed by atoms with Gasteiger partial charge in [-0.1, -0.05) is 25.1 Å². The molecule has 1 aliphatic rings. The molecule has 3 heteroatoms. The third-order valence-corrected chi connectivity index (χ3v) is 3.62. The molecule has 2 N–H and O–H groups in total. The minimum atomic E-state index is 0.599. The fraction of sp³-hybridized carbons (Fsp3) is 0.267. The molecule has 2 heterocycles. The molecule has 0 spiro atoms. The SMILES string of the molecule is C[C@@H]1CCN(c2ncccc2N)c2ccccc21. The quantitative estimate of drug-likeness (QED) is 0.830. The van der Waals surface area contributed by atoms with Crippen LogP contribution in [0.5, 0.6) is 0 Å². The topological polar surface area (TPSA) is 42.2 Å². The van der Waals surface area contributed by atoms with Crippen molar-refractivity contribution >= 4 is 17.2 Å². The molecule has 2 aromatic rings. The van der Waals surface area contributed by atoms with Gasteiger partial charge in [0.05, 0.1) is 5.69 Å². The Kier molecular flexibility index (Phi) is 2.67. The van der Waals surface area contributed by atoms with Gasteiger partial charge >= 0.3 is 0 Å². The summed E-state index contributed by atoms with van der Waals surface area (Å²) in [6.45, 7) is 3.25. The van der Waals surface area contributed by atoms with Crippen LogP contribution in [-0.2, 0) is 0 Å². The van der Waals surface area contributed by atoms with Crippen molar-refractivity contribution in [3.05, 3.63) is 48.2 Å². The van der Waals surface area contributed by atoms with Gasteiger partial charge in [0.15, 0.2) is 5.82 Å². The second-order valence-electron chi connectivity index (χ2n) is 4.82. The van der Waals surface area contributed by atoms with Crippen LogP contribution in [0.25, 0.3) is 0 Å². The largest absolute Gasteiger partial charge is 0.396 e. The molecule has 0 bridgehead atoms. The summed E-state index contributed by atoms with van der Waals surface area (Å²) < 4.78 is 0. The van der Waals surface area contributed by atoms with E-state index in [-0.39, 0.29) is 0 Å². The highest BCUT2D eigenvalue weighted by Crippen LogP contribution is 2.39. The highest BCUT2D eigenvalue weighted by Gasteiger charge is 2.24. The number of pyridine rings is 1. The van der Waals surface area contributed by atoms with Crippen LogP contribution in [0.1, 0.15) is 24.8 Å². The van der Waals surface area contributed by atoms with E-state index in [2.05, 4.69) is 41.1 Å². The smallest absolute Gasteiger partial charge is 0.156 e. The van der Waals surface area contributed by atoms with E-state index in [4.69, 9.17) is 5.73 Å². The van der Waals surface area contributed by atoms with Crippen molar-refractivity contribution in [1.29, 1.82) is 0 Å². The highest BCUT2D eigenvalue weighted by molar-refractivity contribution is 5.74. The molecule has 0 radical (unpaired) electrons. The van der Waals surface area contributed by atoms with Gasteiger partial charge in [-0.25, -0.2) is 4.98 Å². The van der Waals surface area contributed by atoms with Crippen molar-refractivity contribution in [2.45, 2.75) is 19.3 Å². The van der Waals surface area contributed by atoms with Crippen molar-refractivity contribution in [3.8, 4) is 0 Å². The summed E-state index contributed by atoms with van der Waals surface area (Å²) in [6, 6.07) is 12.3. The summed E-state index contributed by atoms with van der Waals surface area (Å²) >= 11 is 0. The molecule has 18 heavy (non-hydrogen) atoms. The van der Waals surface area contributed by atoms with E-state index in [1.807, 2.05) is 12.1 Å². The number of benzene rings is 1. The third-order valence-electron chi connectivity index (χ3n) is 3.62. The Bertz CT molecular complexity index is 565. The number of aromatic nitrogens is 1. The van der Waals surface area contributed by atoms with Crippen LogP contribution in [-0.4, -0.2) is 11.5 Å². The summed E-state index contributed by atoms with van der Waals surface area (Å²) in [5.41, 5.74) is 9.40. The Morgan fingerprint density at radius 1 is 1.22 bits per heavy atom. The maximum absolute atomic E-state index is 6.04. The predicted octanol–water partition coefficient (Wildman–Crippen LogP) is 3.31. The van der Waals surface area contributed by atoms with Gasteiger partial charge in [-0.3, -0.25) is 0 Å². The average molecular weight is 239 g/mol. The van der Waals surface area contributed by atoms with E-state index in [1.54, 1.807) is 6.20 Å². The second kappa shape index (κ2) is 4.33. The number of rotatable bonds is 1. The van der Waals surface area contributed by atoms with E-state index in [9.17, 15) is 0 Å². The molecule has 0 saturated heterocycles. The molecular weight excluding hydrogens is 222 g/mol. The van der Waals surface area contributed by atoms with E-state index in [0.29, 0.717) is 5.92 Å². The van der Waals surface area contributed by atoms with Crippen LogP contribution >= 0.6 is 0 Å². The lowest BCUT2D eigenvalue weighted by molar-refractivity contribution is 0.647. The molecule has 0 aliphatic carbocycles. The molecule has 0 fully saturated rings. The lowest BCUT2D eigenvalue weighted by Gasteiger charge is -2.34. The van der Waals surface area contributed by atoms with Gasteiger partial charge in [-0.2, -0.15) is 0 Å². The Labute approximate surface area is 107 Å². The molecular formula is C15H17N3. The van der Waals surface area contributed by atoms with Crippen molar-refractivity contribution in [3.63, 3.8) is 0 Å². The molecule has 92 valence electrons. The Hall–Kier alpha value is -2.03. The molecule has 1 aliphatic heterocycles. The van der Waals surface area contributed by atoms with Gasteiger partial charge in [0, 0.05) is 18.4 Å². The summed E-state index contributed by atoms with van der Waals surface area (Å²) in [5.74, 6) is 1.47. The van der Waals surface area contributed by atoms with Crippen LogP contribution in [0.3, 0.4) is 0 Å². The van der Waals surface area contributed by atoms with Crippen molar-refractivity contribution in [1.82, 2.24) is 4.98 Å². The molecule has 1 aromatic carbocycles. The van der Waals surface area contributed by atoms with Gasteiger partial charge in [0.1, 0.15) is 0 Å². The first-order valence-corrected chi connectivity index (χ1v) is 6.34. The van der Waals surface area contributed by atoms with Crippen molar-refractivity contribution < 1.29 is 0 Å². The van der Waals surface area contributed by atoms with Gasteiger partial charge in [-0.15, -0.1) is 0 Å². The maximum atomic E-state index is 6.04. The fourth-order valence-corrected chi connectivity index (χ4v) is 2.60. The van der Waals surface area contributed by atoms with Crippen LogP contribution in [0.15, 0.2) is 42.6 Å². The normalized spacial score (nSPS) is 18.5. The van der Waals surface area contributed by atoms with E-state index in [0.717, 1.165) is 24.5 Å². The zero-order valence-corrected chi connectivity index (χ0v) is 10.5. The van der Waals surface area contributed by atoms with Gasteiger partial charge in [0.2, 0.25) is 0 Å². The molecule has 1 aromatic heterocycles. The molecule has 1 atom stereocenters. The number of para-hydroxylation sites is 1. The first-order chi connectivity index (χ1) is 8.77. The number of nitrogens with two attached hydrogens (primary N) is 1. The Balaban J connectivity index is 2.11. The minimum Gasteiger partial charge on any atom is -0.396 e. The molecule has 0 saturated carbocycles. The number of fused-ring (bicyclic) bond motifs is 1. The highest BCUT2D eigenvalue weighted by atomic mass is 15.2. The number of hydrogen-bond donors (Lipinski definition) is 1. The van der Waals surface area contributed by atoms with Gasteiger partial charge < -0.3 is 10.6 Å². The van der Waals surface area contributed by atoms with Gasteiger partial charge in [-0.05, 0) is 36.1 Å². The van der Waals surface area contributed by atoms with E-state index in [1.165, 1.54) is 11.3 Å². The summed E-state index contributed by atoms with van der Waals surface area (Å²) in [7, 11) is 0. The molecule has 3 nitrogen and oxygen atoms in total. The number of nitrogens with zero attached hydrogens (tertiary/aromatic N) is 2. The zero-order valence-electron chi connectivity index (χ0n) is 10.5. The van der Waals surface area contributed by atoms with Crippen LogP contribution in [0, 0.1) is 0 Å². The number of anilines is 3. The summed E-state index contributed by atoms with van der Waals surface area (Å²) in [6.07, 6.45) is 2.93. The number of hydrogen-bond acceptors (Lipinski definition) is 3. The maximum Gasteiger partial charge on any atom is 0.156 e. The van der Waals surface area contributed by atoms with Crippen molar-refractivity contribution in [2.75, 3.05) is 17.2 Å². The standard InChI is InChI=1S/C15H17N3/c1-11-8-10-18(14-7-3-2-5-12(11)14)15-13(16)6-4-9-17-15/h2-7,9,11H,8,10,16H2,1H3/t11-/m1/s1. The third kappa shape index (κ3) is 1.72.